The lowest BCUT2D eigenvalue weighted by molar-refractivity contribution is 0.224. The number of anilines is 1. The van der Waals surface area contributed by atoms with Crippen LogP contribution in [-0.2, 0) is 12.8 Å². The summed E-state index contributed by atoms with van der Waals surface area (Å²) in [7, 11) is 0. The van der Waals surface area contributed by atoms with E-state index >= 15 is 0 Å². The van der Waals surface area contributed by atoms with Crippen molar-refractivity contribution in [3.63, 3.8) is 0 Å². The Bertz CT molecular complexity index is 681. The number of aryl methyl sites for hydroxylation is 1. The molecule has 0 bridgehead atoms. The number of fused-ring (bicyclic) bond motifs is 1. The van der Waals surface area contributed by atoms with Crippen molar-refractivity contribution in [1.29, 1.82) is 0 Å². The van der Waals surface area contributed by atoms with Crippen LogP contribution in [-0.4, -0.2) is 49.2 Å². The van der Waals surface area contributed by atoms with Crippen LogP contribution in [0.1, 0.15) is 24.0 Å². The van der Waals surface area contributed by atoms with Crippen LogP contribution >= 0.6 is 0 Å². The molecule has 1 aromatic heterocycles. The number of pyridine rings is 1. The normalized spacial score (nSPS) is 17.5. The maximum absolute atomic E-state index is 6.08. The second-order valence-corrected chi connectivity index (χ2v) is 6.97. The molecule has 0 N–H and O–H groups in total. The van der Waals surface area contributed by atoms with Crippen LogP contribution in [0.15, 0.2) is 42.6 Å². The molecule has 1 aliphatic heterocycles. The van der Waals surface area contributed by atoms with E-state index < -0.39 is 0 Å². The van der Waals surface area contributed by atoms with Crippen LogP contribution in [0.2, 0.25) is 0 Å². The second kappa shape index (κ2) is 7.87. The molecule has 0 radical (unpaired) electrons. The van der Waals surface area contributed by atoms with Crippen molar-refractivity contribution in [1.82, 2.24) is 9.88 Å². The Morgan fingerprint density at radius 3 is 2.72 bits per heavy atom. The van der Waals surface area contributed by atoms with Crippen LogP contribution < -0.4 is 9.64 Å². The number of benzene rings is 1. The molecule has 0 amide bonds. The molecular formula is C21H27N3O. The molecule has 25 heavy (non-hydrogen) atoms. The van der Waals surface area contributed by atoms with E-state index in [0.717, 1.165) is 57.3 Å². The van der Waals surface area contributed by atoms with Gasteiger partial charge in [0.15, 0.2) is 0 Å². The SMILES string of the molecule is c1ccc(N2CCN(CCCOc3cccc4c3CCC4)CC2)nc1. The molecule has 2 aromatic rings. The predicted octanol–water partition coefficient (Wildman–Crippen LogP) is 3.16. The average molecular weight is 337 g/mol. The van der Waals surface area contributed by atoms with Crippen LogP contribution in [0, 0.1) is 0 Å². The van der Waals surface area contributed by atoms with Crippen LogP contribution in [0.3, 0.4) is 0 Å². The molecule has 4 heteroatoms. The van der Waals surface area contributed by atoms with Crippen molar-refractivity contribution in [3.05, 3.63) is 53.7 Å². The van der Waals surface area contributed by atoms with Gasteiger partial charge >= 0.3 is 0 Å². The molecule has 4 nitrogen and oxygen atoms in total. The molecular weight excluding hydrogens is 310 g/mol. The molecule has 2 aliphatic rings. The molecule has 132 valence electrons. The van der Waals surface area contributed by atoms with Gasteiger partial charge in [-0.2, -0.15) is 0 Å². The Labute approximate surface area is 150 Å². The van der Waals surface area contributed by atoms with Crippen LogP contribution in [0.25, 0.3) is 0 Å². The Morgan fingerprint density at radius 2 is 1.88 bits per heavy atom. The van der Waals surface area contributed by atoms with E-state index in [2.05, 4.69) is 45.1 Å². The van der Waals surface area contributed by atoms with Crippen molar-refractivity contribution in [3.8, 4) is 5.75 Å². The third-order valence-corrected chi connectivity index (χ3v) is 5.32. The summed E-state index contributed by atoms with van der Waals surface area (Å²) in [4.78, 5) is 9.37. The summed E-state index contributed by atoms with van der Waals surface area (Å²) in [6, 6.07) is 12.7. The van der Waals surface area contributed by atoms with Gasteiger partial charge in [-0.3, -0.25) is 4.90 Å². The van der Waals surface area contributed by atoms with Gasteiger partial charge in [0.1, 0.15) is 11.6 Å². The van der Waals surface area contributed by atoms with Gasteiger partial charge in [0.05, 0.1) is 6.61 Å². The van der Waals surface area contributed by atoms with Crippen LogP contribution in [0.4, 0.5) is 5.82 Å². The Kier molecular flexibility index (Phi) is 5.17. The van der Waals surface area contributed by atoms with E-state index in [0.29, 0.717) is 0 Å². The predicted molar refractivity (Wildman–Crippen MR) is 101 cm³/mol. The molecule has 1 fully saturated rings. The highest BCUT2D eigenvalue weighted by atomic mass is 16.5. The van der Waals surface area contributed by atoms with E-state index in [-0.39, 0.29) is 0 Å². The van der Waals surface area contributed by atoms with E-state index in [4.69, 9.17) is 4.74 Å². The van der Waals surface area contributed by atoms with E-state index in [1.54, 1.807) is 0 Å². The van der Waals surface area contributed by atoms with Crippen LogP contribution in [0.5, 0.6) is 5.75 Å². The summed E-state index contributed by atoms with van der Waals surface area (Å²) in [5.41, 5.74) is 2.94. The van der Waals surface area contributed by atoms with Gasteiger partial charge in [-0.15, -0.1) is 0 Å². The minimum Gasteiger partial charge on any atom is -0.493 e. The fourth-order valence-corrected chi connectivity index (χ4v) is 3.93. The van der Waals surface area contributed by atoms with Gasteiger partial charge in [-0.05, 0) is 55.0 Å². The lowest BCUT2D eigenvalue weighted by Crippen LogP contribution is -2.47. The maximum Gasteiger partial charge on any atom is 0.128 e. The first-order chi connectivity index (χ1) is 12.4. The van der Waals surface area contributed by atoms with Crippen molar-refractivity contribution >= 4 is 5.82 Å². The quantitative estimate of drug-likeness (QED) is 0.757. The van der Waals surface area contributed by atoms with E-state index in [1.165, 1.54) is 30.4 Å². The summed E-state index contributed by atoms with van der Waals surface area (Å²) < 4.78 is 6.08. The van der Waals surface area contributed by atoms with Crippen molar-refractivity contribution in [2.45, 2.75) is 25.7 Å². The standard InChI is InChI=1S/C21H27N3O/c1-2-11-22-21(10-1)24-15-13-23(14-16-24)12-5-17-25-20-9-4-7-18-6-3-8-19(18)20/h1-2,4,7,9-11H,3,5-6,8,12-17H2. The minimum atomic E-state index is 0.816. The molecule has 1 aromatic carbocycles. The topological polar surface area (TPSA) is 28.6 Å². The molecule has 2 heterocycles. The Morgan fingerprint density at radius 1 is 0.960 bits per heavy atom. The first kappa shape index (κ1) is 16.4. The molecule has 0 unspecified atom stereocenters. The zero-order valence-corrected chi connectivity index (χ0v) is 14.9. The number of ether oxygens (including phenoxy) is 1. The summed E-state index contributed by atoms with van der Waals surface area (Å²) in [6.45, 7) is 6.27. The fraction of sp³-hybridized carbons (Fsp3) is 0.476. The molecule has 0 atom stereocenters. The maximum atomic E-state index is 6.08. The molecule has 0 spiro atoms. The molecule has 4 rings (SSSR count). The van der Waals surface area contributed by atoms with Gasteiger partial charge < -0.3 is 9.64 Å². The Hall–Kier alpha value is -2.07. The highest BCUT2D eigenvalue weighted by molar-refractivity contribution is 5.43. The van der Waals surface area contributed by atoms with Gasteiger partial charge in [0.25, 0.3) is 0 Å². The Balaban J connectivity index is 1.19. The molecule has 1 saturated heterocycles. The largest absolute Gasteiger partial charge is 0.493 e. The van der Waals surface area contributed by atoms with Crippen molar-refractivity contribution in [2.75, 3.05) is 44.2 Å². The summed E-state index contributed by atoms with van der Waals surface area (Å²) >= 11 is 0. The van der Waals surface area contributed by atoms with Gasteiger partial charge in [-0.25, -0.2) is 4.98 Å². The minimum absolute atomic E-state index is 0.816. The monoisotopic (exact) mass is 337 g/mol. The molecule has 1 aliphatic carbocycles. The number of rotatable bonds is 6. The number of piperazine rings is 1. The fourth-order valence-electron chi connectivity index (χ4n) is 3.93. The van der Waals surface area contributed by atoms with Crippen molar-refractivity contribution < 1.29 is 4.74 Å². The lowest BCUT2D eigenvalue weighted by atomic mass is 10.1. The zero-order valence-electron chi connectivity index (χ0n) is 14.9. The first-order valence-electron chi connectivity index (χ1n) is 9.52. The zero-order chi connectivity index (χ0) is 16.9. The van der Waals surface area contributed by atoms with Gasteiger partial charge in [0, 0.05) is 38.9 Å². The van der Waals surface area contributed by atoms with Gasteiger partial charge in [0.2, 0.25) is 0 Å². The third-order valence-electron chi connectivity index (χ3n) is 5.32. The van der Waals surface area contributed by atoms with E-state index in [1.807, 2.05) is 12.3 Å². The third kappa shape index (κ3) is 3.96. The summed E-state index contributed by atoms with van der Waals surface area (Å²) in [6.07, 6.45) is 6.64. The first-order valence-corrected chi connectivity index (χ1v) is 9.52. The summed E-state index contributed by atoms with van der Waals surface area (Å²) in [5, 5.41) is 0. The number of hydrogen-bond acceptors (Lipinski definition) is 4. The van der Waals surface area contributed by atoms with E-state index in [9.17, 15) is 0 Å². The lowest BCUT2D eigenvalue weighted by Gasteiger charge is -2.35. The highest BCUT2D eigenvalue weighted by Crippen LogP contribution is 2.30. The number of nitrogens with zero attached hydrogens (tertiary/aromatic N) is 3. The number of hydrogen-bond donors (Lipinski definition) is 0. The summed E-state index contributed by atoms with van der Waals surface area (Å²) in [5.74, 6) is 2.22. The van der Waals surface area contributed by atoms with Gasteiger partial charge in [-0.1, -0.05) is 18.2 Å². The molecule has 0 saturated carbocycles. The second-order valence-electron chi connectivity index (χ2n) is 6.97. The number of aromatic nitrogens is 1. The average Bonchev–Trinajstić information content (AvgIpc) is 3.16. The van der Waals surface area contributed by atoms with Crippen molar-refractivity contribution in [2.24, 2.45) is 0 Å². The smallest absolute Gasteiger partial charge is 0.128 e. The highest BCUT2D eigenvalue weighted by Gasteiger charge is 2.18.